The maximum atomic E-state index is 5.23. The summed E-state index contributed by atoms with van der Waals surface area (Å²) in [5.74, 6) is 2.06. The molecule has 2 bridgehead atoms. The number of hydrogen-bond donors (Lipinski definition) is 0. The van der Waals surface area contributed by atoms with Crippen molar-refractivity contribution in [3.63, 3.8) is 0 Å². The van der Waals surface area contributed by atoms with Crippen LogP contribution in [0.1, 0.15) is 19.3 Å². The normalized spacial score (nSPS) is 53.6. The molecule has 4 atom stereocenters. The Morgan fingerprint density at radius 2 is 1.64 bits per heavy atom. The van der Waals surface area contributed by atoms with Crippen LogP contribution in [0.25, 0.3) is 0 Å². The molecular weight excluding hydrogens is 192 g/mol. The third-order valence-corrected chi connectivity index (χ3v) is 6.84. The molecule has 1 heterocycles. The van der Waals surface area contributed by atoms with Crippen molar-refractivity contribution in [2.45, 2.75) is 29.8 Å². The van der Waals surface area contributed by atoms with Crippen molar-refractivity contribution in [3.05, 3.63) is 0 Å². The van der Waals surface area contributed by atoms with Gasteiger partial charge in [0.05, 0.1) is 0 Å². The van der Waals surface area contributed by atoms with Crippen molar-refractivity contribution in [1.82, 2.24) is 0 Å². The van der Waals surface area contributed by atoms with Crippen LogP contribution in [0.15, 0.2) is 0 Å². The van der Waals surface area contributed by atoms with Gasteiger partial charge in [-0.25, -0.2) is 0 Å². The highest BCUT2D eigenvalue weighted by Crippen LogP contribution is 2.59. The minimum Gasteiger partial charge on any atom is -0.103 e. The molecule has 0 aromatic rings. The summed E-state index contributed by atoms with van der Waals surface area (Å²) in [4.78, 5) is 0. The average Bonchev–Trinajstić information content (AvgIpc) is 2.53. The maximum Gasteiger partial charge on any atom is 0.104 e. The van der Waals surface area contributed by atoms with Gasteiger partial charge in [0.25, 0.3) is 0 Å². The molecule has 2 saturated carbocycles. The first kappa shape index (κ1) is 7.22. The van der Waals surface area contributed by atoms with E-state index in [-0.39, 0.29) is 0 Å². The van der Waals surface area contributed by atoms with Gasteiger partial charge in [0.15, 0.2) is 0 Å². The first-order valence-electron chi connectivity index (χ1n) is 4.22. The van der Waals surface area contributed by atoms with Gasteiger partial charge in [0, 0.05) is 10.5 Å². The van der Waals surface area contributed by atoms with Crippen LogP contribution in [-0.4, -0.2) is 14.0 Å². The highest BCUT2D eigenvalue weighted by atomic mass is 32.2. The lowest BCUT2D eigenvalue weighted by Crippen LogP contribution is -2.22. The SMILES string of the molecule is S=C1SC2C3CCC(C3)C2S1. The largest absolute Gasteiger partial charge is 0.104 e. The zero-order valence-corrected chi connectivity index (χ0v) is 8.60. The lowest BCUT2D eigenvalue weighted by molar-refractivity contribution is 0.508. The van der Waals surface area contributed by atoms with Crippen LogP contribution in [0.2, 0.25) is 0 Å². The van der Waals surface area contributed by atoms with Gasteiger partial charge in [0.2, 0.25) is 0 Å². The van der Waals surface area contributed by atoms with Crippen LogP contribution in [0.5, 0.6) is 0 Å². The quantitative estimate of drug-likeness (QED) is 0.554. The van der Waals surface area contributed by atoms with Gasteiger partial charge in [-0.2, -0.15) is 0 Å². The number of thiocarbonyl (C=S) groups is 1. The Bertz CT molecular complexity index is 193. The van der Waals surface area contributed by atoms with Gasteiger partial charge in [-0.15, -0.1) is 23.5 Å². The fourth-order valence-corrected chi connectivity index (χ4v) is 6.69. The summed E-state index contributed by atoms with van der Waals surface area (Å²) in [7, 11) is 0. The Morgan fingerprint density at radius 1 is 1.09 bits per heavy atom. The Morgan fingerprint density at radius 3 is 2.18 bits per heavy atom. The van der Waals surface area contributed by atoms with Crippen molar-refractivity contribution in [3.8, 4) is 0 Å². The Hall–Kier alpha value is 0.790. The zero-order valence-electron chi connectivity index (χ0n) is 6.16. The van der Waals surface area contributed by atoms with E-state index in [2.05, 4.69) is 0 Å². The van der Waals surface area contributed by atoms with E-state index < -0.39 is 0 Å². The van der Waals surface area contributed by atoms with Crippen molar-refractivity contribution in [1.29, 1.82) is 0 Å². The molecule has 3 fully saturated rings. The molecule has 3 aliphatic rings. The number of hydrogen-bond acceptors (Lipinski definition) is 3. The molecule has 11 heavy (non-hydrogen) atoms. The molecule has 0 radical (unpaired) electrons. The smallest absolute Gasteiger partial charge is 0.103 e. The second-order valence-electron chi connectivity index (χ2n) is 3.75. The van der Waals surface area contributed by atoms with Crippen LogP contribution in [0.3, 0.4) is 0 Å². The summed E-state index contributed by atoms with van der Waals surface area (Å²) in [5, 5.41) is 1.84. The monoisotopic (exact) mass is 202 g/mol. The van der Waals surface area contributed by atoms with E-state index in [1.54, 1.807) is 0 Å². The average molecular weight is 202 g/mol. The van der Waals surface area contributed by atoms with E-state index in [0.717, 1.165) is 22.3 Å². The predicted octanol–water partition coefficient (Wildman–Crippen LogP) is 2.92. The van der Waals surface area contributed by atoms with Crippen molar-refractivity contribution in [2.75, 3.05) is 0 Å². The van der Waals surface area contributed by atoms with Gasteiger partial charge in [0.1, 0.15) is 3.53 Å². The number of rotatable bonds is 0. The topological polar surface area (TPSA) is 0 Å². The molecule has 0 amide bonds. The fourth-order valence-electron chi connectivity index (χ4n) is 2.76. The summed E-state index contributed by atoms with van der Waals surface area (Å²) in [6, 6.07) is 0. The van der Waals surface area contributed by atoms with Gasteiger partial charge in [-0.3, -0.25) is 0 Å². The van der Waals surface area contributed by atoms with Crippen LogP contribution in [0, 0.1) is 11.8 Å². The minimum absolute atomic E-state index is 0.922. The fraction of sp³-hybridized carbons (Fsp3) is 0.875. The minimum atomic E-state index is 0.922. The molecule has 0 spiro atoms. The molecule has 0 aromatic carbocycles. The number of thioether (sulfide) groups is 2. The molecule has 60 valence electrons. The number of fused-ring (bicyclic) bond motifs is 5. The Balaban J connectivity index is 1.92. The summed E-state index contributed by atoms with van der Waals surface area (Å²) >= 11 is 9.22. The first-order valence-corrected chi connectivity index (χ1v) is 6.38. The van der Waals surface area contributed by atoms with Gasteiger partial charge in [-0.1, -0.05) is 12.2 Å². The summed E-state index contributed by atoms with van der Waals surface area (Å²) < 4.78 is 1.22. The van der Waals surface area contributed by atoms with Crippen molar-refractivity contribution in [2.24, 2.45) is 11.8 Å². The van der Waals surface area contributed by atoms with E-state index >= 15 is 0 Å². The van der Waals surface area contributed by atoms with E-state index in [0.29, 0.717) is 0 Å². The van der Waals surface area contributed by atoms with E-state index in [1.165, 1.54) is 22.8 Å². The Kier molecular flexibility index (Phi) is 1.57. The molecular formula is C8H10S3. The van der Waals surface area contributed by atoms with Crippen LogP contribution >= 0.6 is 35.7 Å². The van der Waals surface area contributed by atoms with Crippen LogP contribution in [-0.2, 0) is 0 Å². The summed E-state index contributed by atoms with van der Waals surface area (Å²) in [6.45, 7) is 0. The first-order chi connectivity index (χ1) is 5.34. The third-order valence-electron chi connectivity index (χ3n) is 3.23. The molecule has 3 heteroatoms. The van der Waals surface area contributed by atoms with E-state index in [4.69, 9.17) is 12.2 Å². The molecule has 1 saturated heterocycles. The van der Waals surface area contributed by atoms with Crippen molar-refractivity contribution < 1.29 is 0 Å². The molecule has 0 nitrogen and oxygen atoms in total. The lowest BCUT2D eigenvalue weighted by atomic mass is 10.00. The molecule has 0 N–H and O–H groups in total. The predicted molar refractivity (Wildman–Crippen MR) is 56.2 cm³/mol. The van der Waals surface area contributed by atoms with Gasteiger partial charge < -0.3 is 0 Å². The van der Waals surface area contributed by atoms with Crippen molar-refractivity contribution >= 4 is 39.3 Å². The van der Waals surface area contributed by atoms with E-state index in [1.807, 2.05) is 23.5 Å². The van der Waals surface area contributed by atoms with E-state index in [9.17, 15) is 0 Å². The third kappa shape index (κ3) is 0.939. The second-order valence-corrected chi connectivity index (χ2v) is 7.31. The molecule has 3 rings (SSSR count). The molecule has 1 aliphatic heterocycles. The summed E-state index contributed by atoms with van der Waals surface area (Å²) in [5.41, 5.74) is 0. The highest BCUT2D eigenvalue weighted by Gasteiger charge is 2.52. The van der Waals surface area contributed by atoms with Crippen LogP contribution in [0.4, 0.5) is 0 Å². The van der Waals surface area contributed by atoms with Gasteiger partial charge in [-0.05, 0) is 31.1 Å². The highest BCUT2D eigenvalue weighted by molar-refractivity contribution is 8.49. The standard InChI is InChI=1S/C8H10S3/c9-8-10-6-4-1-2-5(3-4)7(6)11-8/h4-7H,1-3H2. The second kappa shape index (κ2) is 2.39. The maximum absolute atomic E-state index is 5.23. The molecule has 2 aliphatic carbocycles. The Labute approximate surface area is 80.9 Å². The van der Waals surface area contributed by atoms with Gasteiger partial charge >= 0.3 is 0 Å². The molecule has 4 unspecified atom stereocenters. The van der Waals surface area contributed by atoms with Crippen LogP contribution < -0.4 is 0 Å². The lowest BCUT2D eigenvalue weighted by Gasteiger charge is -2.21. The zero-order chi connectivity index (χ0) is 7.42. The molecule has 0 aromatic heterocycles. The summed E-state index contributed by atoms with van der Waals surface area (Å²) in [6.07, 6.45) is 4.49.